The topological polar surface area (TPSA) is 17.1 Å². The van der Waals surface area contributed by atoms with Crippen LogP contribution in [0.2, 0.25) is 0 Å². The highest BCUT2D eigenvalue weighted by atomic mass is 16.1. The number of allylic oxidation sites excluding steroid dienone is 5. The molecule has 0 fully saturated rings. The molecule has 0 atom stereocenters. The summed E-state index contributed by atoms with van der Waals surface area (Å²) in [6.07, 6.45) is 7.05. The van der Waals surface area contributed by atoms with Gasteiger partial charge in [0.2, 0.25) is 0 Å². The summed E-state index contributed by atoms with van der Waals surface area (Å²) >= 11 is 0. The highest BCUT2D eigenvalue weighted by Gasteiger charge is 2.15. The third-order valence-electron chi connectivity index (χ3n) is 4.69. The lowest BCUT2D eigenvalue weighted by atomic mass is 9.87. The first-order valence-corrected chi connectivity index (χ1v) is 9.39. The van der Waals surface area contributed by atoms with E-state index in [1.807, 2.05) is 86.7 Å². The van der Waals surface area contributed by atoms with Gasteiger partial charge in [0.05, 0.1) is 0 Å². The minimum absolute atomic E-state index is 0.702. The van der Waals surface area contributed by atoms with Gasteiger partial charge in [-0.1, -0.05) is 91.0 Å². The van der Waals surface area contributed by atoms with Gasteiger partial charge >= 0.3 is 0 Å². The van der Waals surface area contributed by atoms with Crippen molar-refractivity contribution in [2.75, 3.05) is 0 Å². The van der Waals surface area contributed by atoms with Gasteiger partial charge in [-0.2, -0.15) is 0 Å². The Kier molecular flexibility index (Phi) is 6.18. The predicted molar refractivity (Wildman–Crippen MR) is 120 cm³/mol. The van der Waals surface area contributed by atoms with E-state index in [0.717, 1.165) is 45.2 Å². The van der Waals surface area contributed by atoms with Crippen LogP contribution in [-0.2, 0) is 0 Å². The molecule has 1 heteroatoms. The first-order valence-electron chi connectivity index (χ1n) is 9.39. The van der Waals surface area contributed by atoms with Crippen LogP contribution in [-0.4, -0.2) is 6.29 Å². The van der Waals surface area contributed by atoms with Crippen molar-refractivity contribution in [2.24, 2.45) is 0 Å². The predicted octanol–water partition coefficient (Wildman–Crippen LogP) is 7.37. The van der Waals surface area contributed by atoms with Crippen LogP contribution in [0, 0.1) is 0 Å². The molecule has 0 radical (unpaired) electrons. The van der Waals surface area contributed by atoms with Crippen LogP contribution < -0.4 is 0 Å². The van der Waals surface area contributed by atoms with Crippen LogP contribution in [0.1, 0.15) is 29.8 Å². The fourth-order valence-corrected chi connectivity index (χ4v) is 3.33. The van der Waals surface area contributed by atoms with E-state index in [1.165, 1.54) is 0 Å². The van der Waals surface area contributed by atoms with Gasteiger partial charge in [0.25, 0.3) is 0 Å². The quantitative estimate of drug-likeness (QED) is 0.330. The molecule has 138 valence electrons. The van der Waals surface area contributed by atoms with Crippen molar-refractivity contribution in [3.05, 3.63) is 114 Å². The van der Waals surface area contributed by atoms with Crippen molar-refractivity contribution in [3.63, 3.8) is 0 Å². The third-order valence-corrected chi connectivity index (χ3v) is 4.69. The molecule has 0 heterocycles. The maximum Gasteiger partial charge on any atom is 0.151 e. The number of hydrogen-bond donors (Lipinski definition) is 0. The van der Waals surface area contributed by atoms with E-state index in [0.29, 0.717) is 5.56 Å². The summed E-state index contributed by atoms with van der Waals surface area (Å²) in [6.45, 7) is 8.16. The molecular formula is C27H24O. The third kappa shape index (κ3) is 4.10. The summed E-state index contributed by atoms with van der Waals surface area (Å²) < 4.78 is 0. The van der Waals surface area contributed by atoms with Gasteiger partial charge in [-0.05, 0) is 59.4 Å². The zero-order valence-electron chi connectivity index (χ0n) is 16.4. The number of aldehydes is 1. The molecule has 0 aliphatic carbocycles. The first kappa shape index (κ1) is 19.3. The summed E-state index contributed by atoms with van der Waals surface area (Å²) in [5.41, 5.74) is 7.70. The summed E-state index contributed by atoms with van der Waals surface area (Å²) in [4.78, 5) is 12.1. The molecular weight excluding hydrogens is 340 g/mol. The van der Waals surface area contributed by atoms with E-state index in [2.05, 4.69) is 24.8 Å². The number of hydrogen-bond acceptors (Lipinski definition) is 1. The molecule has 1 nitrogen and oxygen atoms in total. The minimum Gasteiger partial charge on any atom is -0.298 e. The largest absolute Gasteiger partial charge is 0.298 e. The average molecular weight is 364 g/mol. The van der Waals surface area contributed by atoms with Crippen LogP contribution >= 0.6 is 0 Å². The van der Waals surface area contributed by atoms with Crippen molar-refractivity contribution >= 4 is 11.9 Å². The molecule has 0 unspecified atom stereocenters. The van der Waals surface area contributed by atoms with Crippen molar-refractivity contribution < 1.29 is 4.79 Å². The van der Waals surface area contributed by atoms with Crippen LogP contribution in [0.3, 0.4) is 0 Å². The van der Waals surface area contributed by atoms with Gasteiger partial charge in [-0.3, -0.25) is 4.79 Å². The van der Waals surface area contributed by atoms with Gasteiger partial charge < -0.3 is 0 Å². The summed E-state index contributed by atoms with van der Waals surface area (Å²) in [6, 6.07) is 24.3. The van der Waals surface area contributed by atoms with Crippen LogP contribution in [0.25, 0.3) is 27.8 Å². The Hall–Kier alpha value is -3.45. The maximum atomic E-state index is 12.1. The fourth-order valence-electron chi connectivity index (χ4n) is 3.33. The van der Waals surface area contributed by atoms with Gasteiger partial charge in [0.1, 0.15) is 0 Å². The molecule has 3 rings (SSSR count). The highest BCUT2D eigenvalue weighted by molar-refractivity contribution is 5.99. The molecule has 0 amide bonds. The van der Waals surface area contributed by atoms with Crippen LogP contribution in [0.4, 0.5) is 0 Å². The molecule has 3 aromatic carbocycles. The summed E-state index contributed by atoms with van der Waals surface area (Å²) in [5.74, 6) is 0. The highest BCUT2D eigenvalue weighted by Crippen LogP contribution is 2.36. The van der Waals surface area contributed by atoms with Gasteiger partial charge in [-0.15, -0.1) is 0 Å². The summed E-state index contributed by atoms with van der Waals surface area (Å²) in [5, 5.41) is 0. The second-order valence-corrected chi connectivity index (χ2v) is 6.72. The van der Waals surface area contributed by atoms with Crippen LogP contribution in [0.15, 0.2) is 103 Å². The van der Waals surface area contributed by atoms with Crippen molar-refractivity contribution in [1.82, 2.24) is 0 Å². The average Bonchev–Trinajstić information content (AvgIpc) is 2.74. The fraction of sp³-hybridized carbons (Fsp3) is 0.0741. The first-order chi connectivity index (χ1) is 13.7. The SMILES string of the molecule is C=C(C)C(=CC=CC)c1cc(-c2ccccc2)c(C=O)c(-c2ccccc2)c1. The Balaban J connectivity index is 2.36. The van der Waals surface area contributed by atoms with E-state index < -0.39 is 0 Å². The van der Waals surface area contributed by atoms with Gasteiger partial charge in [-0.25, -0.2) is 0 Å². The second-order valence-electron chi connectivity index (χ2n) is 6.72. The molecule has 0 aromatic heterocycles. The molecule has 28 heavy (non-hydrogen) atoms. The zero-order valence-corrected chi connectivity index (χ0v) is 16.4. The smallest absolute Gasteiger partial charge is 0.151 e. The van der Waals surface area contributed by atoms with Crippen molar-refractivity contribution in [3.8, 4) is 22.3 Å². The Morgan fingerprint density at radius 1 is 0.857 bits per heavy atom. The number of rotatable bonds is 6. The molecule has 0 saturated heterocycles. The lowest BCUT2D eigenvalue weighted by Gasteiger charge is -2.16. The molecule has 3 aromatic rings. The van der Waals surface area contributed by atoms with Crippen molar-refractivity contribution in [2.45, 2.75) is 13.8 Å². The van der Waals surface area contributed by atoms with Crippen LogP contribution in [0.5, 0.6) is 0 Å². The van der Waals surface area contributed by atoms with Crippen molar-refractivity contribution in [1.29, 1.82) is 0 Å². The minimum atomic E-state index is 0.702. The van der Waals surface area contributed by atoms with E-state index in [4.69, 9.17) is 0 Å². The lowest BCUT2D eigenvalue weighted by Crippen LogP contribution is -1.97. The maximum absolute atomic E-state index is 12.1. The number of carbonyl (C=O) groups excluding carboxylic acids is 1. The van der Waals surface area contributed by atoms with E-state index in [1.54, 1.807) is 0 Å². The Labute approximate surface area is 167 Å². The Morgan fingerprint density at radius 2 is 1.36 bits per heavy atom. The molecule has 0 spiro atoms. The standard InChI is InChI=1S/C27H24O/c1-4-5-16-24(20(2)3)23-17-25(21-12-8-6-9-13-21)27(19-28)26(18-23)22-14-10-7-11-15-22/h4-19H,2H2,1,3H3. The van der Waals surface area contributed by atoms with Gasteiger partial charge in [0, 0.05) is 5.56 Å². The molecule has 0 saturated carbocycles. The molecule has 0 aliphatic heterocycles. The lowest BCUT2D eigenvalue weighted by molar-refractivity contribution is 0.112. The van der Waals surface area contributed by atoms with Gasteiger partial charge in [0.15, 0.2) is 6.29 Å². The molecule has 0 aliphatic rings. The normalized spacial score (nSPS) is 11.6. The number of benzene rings is 3. The molecule has 0 N–H and O–H groups in total. The van der Waals surface area contributed by atoms with E-state index in [-0.39, 0.29) is 0 Å². The Bertz CT molecular complexity index is 978. The van der Waals surface area contributed by atoms with E-state index in [9.17, 15) is 4.79 Å². The number of carbonyl (C=O) groups is 1. The Morgan fingerprint density at radius 3 is 1.75 bits per heavy atom. The monoisotopic (exact) mass is 364 g/mol. The molecule has 0 bridgehead atoms. The summed E-state index contributed by atoms with van der Waals surface area (Å²) in [7, 11) is 0. The second kappa shape index (κ2) is 8.96. The van der Waals surface area contributed by atoms with E-state index >= 15 is 0 Å². The zero-order chi connectivity index (χ0) is 19.9.